The van der Waals surface area contributed by atoms with Gasteiger partial charge in [0.15, 0.2) is 0 Å². The van der Waals surface area contributed by atoms with E-state index in [1.54, 1.807) is 17.0 Å². The first-order valence-corrected chi connectivity index (χ1v) is 8.96. The number of hydrogen-bond acceptors (Lipinski definition) is 3. The minimum absolute atomic E-state index is 0.0439. The summed E-state index contributed by atoms with van der Waals surface area (Å²) in [6.07, 6.45) is 6.31. The lowest BCUT2D eigenvalue weighted by atomic mass is 10.0. The van der Waals surface area contributed by atoms with Gasteiger partial charge >= 0.3 is 0 Å². The monoisotopic (exact) mass is 339 g/mol. The Hall–Kier alpha value is -2.43. The number of aryl methyl sites for hydroxylation is 2. The van der Waals surface area contributed by atoms with Crippen LogP contribution in [0.1, 0.15) is 58.8 Å². The molecule has 0 unspecified atom stereocenters. The van der Waals surface area contributed by atoms with Gasteiger partial charge in [-0.15, -0.1) is 0 Å². The number of benzene rings is 1. The van der Waals surface area contributed by atoms with Crippen LogP contribution in [-0.2, 0) is 6.54 Å². The van der Waals surface area contributed by atoms with Gasteiger partial charge in [0.1, 0.15) is 0 Å². The predicted octanol–water partition coefficient (Wildman–Crippen LogP) is 2.95. The molecule has 1 fully saturated rings. The molecule has 1 aliphatic carbocycles. The summed E-state index contributed by atoms with van der Waals surface area (Å²) in [6, 6.07) is 7.43. The molecule has 3 rings (SSSR count). The SMILES string of the molecule is Cc1cc(C)cc(C(=O)NCCn2cnc(C3CCCC3)cc2=O)c1. The third-order valence-electron chi connectivity index (χ3n) is 4.80. The molecule has 5 nitrogen and oxygen atoms in total. The number of carbonyl (C=O) groups is 1. The number of rotatable bonds is 5. The Labute approximate surface area is 148 Å². The molecular weight excluding hydrogens is 314 g/mol. The zero-order valence-electron chi connectivity index (χ0n) is 14.9. The Balaban J connectivity index is 1.58. The summed E-state index contributed by atoms with van der Waals surface area (Å²) in [5.74, 6) is 0.321. The van der Waals surface area contributed by atoms with Gasteiger partial charge in [-0.3, -0.25) is 14.2 Å². The second-order valence-electron chi connectivity index (χ2n) is 6.96. The molecule has 1 aromatic carbocycles. The maximum absolute atomic E-state index is 12.2. The second-order valence-corrected chi connectivity index (χ2v) is 6.96. The van der Waals surface area contributed by atoms with Crippen molar-refractivity contribution in [2.24, 2.45) is 0 Å². The van der Waals surface area contributed by atoms with E-state index in [2.05, 4.69) is 10.3 Å². The topological polar surface area (TPSA) is 64.0 Å². The van der Waals surface area contributed by atoms with Gasteiger partial charge in [0.25, 0.3) is 11.5 Å². The lowest BCUT2D eigenvalue weighted by molar-refractivity contribution is 0.0952. The fourth-order valence-electron chi connectivity index (χ4n) is 3.55. The van der Waals surface area contributed by atoms with Gasteiger partial charge in [-0.25, -0.2) is 4.98 Å². The van der Waals surface area contributed by atoms with Crippen molar-refractivity contribution < 1.29 is 4.79 Å². The minimum atomic E-state index is -0.115. The van der Waals surface area contributed by atoms with Gasteiger partial charge in [0, 0.05) is 30.6 Å². The lowest BCUT2D eigenvalue weighted by Gasteiger charge is -2.11. The van der Waals surface area contributed by atoms with E-state index in [1.165, 1.54) is 12.8 Å². The minimum Gasteiger partial charge on any atom is -0.350 e. The van der Waals surface area contributed by atoms with Gasteiger partial charge < -0.3 is 5.32 Å². The summed E-state index contributed by atoms with van der Waals surface area (Å²) in [4.78, 5) is 28.9. The van der Waals surface area contributed by atoms with Crippen molar-refractivity contribution in [3.8, 4) is 0 Å². The highest BCUT2D eigenvalue weighted by Gasteiger charge is 2.18. The van der Waals surface area contributed by atoms with Crippen molar-refractivity contribution >= 4 is 5.91 Å². The predicted molar refractivity (Wildman–Crippen MR) is 98.0 cm³/mol. The third-order valence-corrected chi connectivity index (χ3v) is 4.80. The Bertz CT molecular complexity index is 800. The molecular formula is C20H25N3O2. The highest BCUT2D eigenvalue weighted by atomic mass is 16.1. The van der Waals surface area contributed by atoms with E-state index in [0.29, 0.717) is 24.6 Å². The fraction of sp³-hybridized carbons (Fsp3) is 0.450. The number of nitrogens with one attached hydrogen (secondary N) is 1. The normalized spacial score (nSPS) is 14.6. The first kappa shape index (κ1) is 17.4. The van der Waals surface area contributed by atoms with Crippen molar-refractivity contribution in [1.82, 2.24) is 14.9 Å². The van der Waals surface area contributed by atoms with E-state index >= 15 is 0 Å². The first-order valence-electron chi connectivity index (χ1n) is 8.96. The highest BCUT2D eigenvalue weighted by molar-refractivity contribution is 5.94. The van der Waals surface area contributed by atoms with Crippen LogP contribution in [0.5, 0.6) is 0 Å². The Morgan fingerprint density at radius 3 is 2.48 bits per heavy atom. The molecule has 1 N–H and O–H groups in total. The van der Waals surface area contributed by atoms with Crippen molar-refractivity contribution in [1.29, 1.82) is 0 Å². The van der Waals surface area contributed by atoms with Gasteiger partial charge in [0.05, 0.1) is 12.0 Å². The molecule has 0 aliphatic heterocycles. The molecule has 25 heavy (non-hydrogen) atoms. The van der Waals surface area contributed by atoms with Crippen LogP contribution in [0.15, 0.2) is 35.4 Å². The van der Waals surface area contributed by atoms with Gasteiger partial charge in [-0.2, -0.15) is 0 Å². The largest absolute Gasteiger partial charge is 0.350 e. The maximum atomic E-state index is 12.2. The van der Waals surface area contributed by atoms with Crippen molar-refractivity contribution in [3.05, 3.63) is 63.3 Å². The first-order chi connectivity index (χ1) is 12.0. The highest BCUT2D eigenvalue weighted by Crippen LogP contribution is 2.32. The van der Waals surface area contributed by atoms with Gasteiger partial charge in [-0.1, -0.05) is 30.0 Å². The summed E-state index contributed by atoms with van der Waals surface area (Å²) in [7, 11) is 0. The van der Waals surface area contributed by atoms with E-state index in [1.807, 2.05) is 32.0 Å². The number of carbonyl (C=O) groups excluding carboxylic acids is 1. The quantitative estimate of drug-likeness (QED) is 0.911. The molecule has 0 bridgehead atoms. The molecule has 132 valence electrons. The molecule has 1 heterocycles. The summed E-state index contributed by atoms with van der Waals surface area (Å²) in [6.45, 7) is 4.77. The van der Waals surface area contributed by atoms with Crippen molar-refractivity contribution in [3.63, 3.8) is 0 Å². The van der Waals surface area contributed by atoms with Crippen LogP contribution in [0.2, 0.25) is 0 Å². The molecule has 0 radical (unpaired) electrons. The summed E-state index contributed by atoms with van der Waals surface area (Å²) < 4.78 is 1.56. The fourth-order valence-corrected chi connectivity index (χ4v) is 3.55. The zero-order chi connectivity index (χ0) is 17.8. The van der Waals surface area contributed by atoms with Crippen molar-refractivity contribution in [2.75, 3.05) is 6.54 Å². The molecule has 1 saturated carbocycles. The van der Waals surface area contributed by atoms with Gasteiger partial charge in [0.2, 0.25) is 0 Å². The van der Waals surface area contributed by atoms with Crippen LogP contribution in [0.3, 0.4) is 0 Å². The summed E-state index contributed by atoms with van der Waals surface area (Å²) in [5, 5.41) is 2.87. The molecule has 0 saturated heterocycles. The van der Waals surface area contributed by atoms with E-state index < -0.39 is 0 Å². The van der Waals surface area contributed by atoms with E-state index in [-0.39, 0.29) is 11.5 Å². The van der Waals surface area contributed by atoms with Gasteiger partial charge in [-0.05, 0) is 38.8 Å². The maximum Gasteiger partial charge on any atom is 0.253 e. The third kappa shape index (κ3) is 4.35. The molecule has 1 aliphatic rings. The Morgan fingerprint density at radius 2 is 1.84 bits per heavy atom. The number of hydrogen-bond donors (Lipinski definition) is 1. The van der Waals surface area contributed by atoms with E-state index in [4.69, 9.17) is 0 Å². The van der Waals surface area contributed by atoms with Crippen LogP contribution in [0.4, 0.5) is 0 Å². The van der Waals surface area contributed by atoms with E-state index in [0.717, 1.165) is 29.7 Å². The Kier molecular flexibility index (Phi) is 5.31. The number of amides is 1. The van der Waals surface area contributed by atoms with Crippen molar-refractivity contribution in [2.45, 2.75) is 52.0 Å². The molecule has 1 aromatic heterocycles. The average molecular weight is 339 g/mol. The standard InChI is InChI=1S/C20H25N3O2/c1-14-9-15(2)11-17(10-14)20(25)21-7-8-23-13-22-18(12-19(23)24)16-5-3-4-6-16/h9-13,16H,3-8H2,1-2H3,(H,21,25). The smallest absolute Gasteiger partial charge is 0.253 e. The van der Waals surface area contributed by atoms with Crippen LogP contribution in [-0.4, -0.2) is 22.0 Å². The molecule has 0 atom stereocenters. The molecule has 1 amide bonds. The zero-order valence-corrected chi connectivity index (χ0v) is 14.9. The van der Waals surface area contributed by atoms with Crippen LogP contribution < -0.4 is 10.9 Å². The average Bonchev–Trinajstić information content (AvgIpc) is 3.09. The number of aromatic nitrogens is 2. The van der Waals surface area contributed by atoms with Crippen LogP contribution >= 0.6 is 0 Å². The summed E-state index contributed by atoms with van der Waals surface area (Å²) in [5.41, 5.74) is 3.65. The lowest BCUT2D eigenvalue weighted by Crippen LogP contribution is -2.31. The van der Waals surface area contributed by atoms with Crippen LogP contribution in [0.25, 0.3) is 0 Å². The second kappa shape index (κ2) is 7.64. The summed E-state index contributed by atoms with van der Waals surface area (Å²) >= 11 is 0. The van der Waals surface area contributed by atoms with Crippen LogP contribution in [0, 0.1) is 13.8 Å². The molecule has 0 spiro atoms. The van der Waals surface area contributed by atoms with E-state index in [9.17, 15) is 9.59 Å². The Morgan fingerprint density at radius 1 is 1.16 bits per heavy atom. The molecule has 5 heteroatoms. The number of nitrogens with zero attached hydrogens (tertiary/aromatic N) is 2. The molecule has 2 aromatic rings.